The minimum absolute atomic E-state index is 0.124. The lowest BCUT2D eigenvalue weighted by Gasteiger charge is -2.30. The SMILES string of the molecule is COc1ccc(Cn2c(=O)c(-c3nc4ccc(N5CCOCC5)cc4[nH]3)c(N[C@H]3CCCC[C@H]3O)c3ccsc32)cc1. The summed E-state index contributed by atoms with van der Waals surface area (Å²) in [7, 11) is 1.65. The number of nitrogens with one attached hydrogen (secondary N) is 2. The Labute approximate surface area is 247 Å². The second-order valence-electron chi connectivity index (χ2n) is 11.1. The summed E-state index contributed by atoms with van der Waals surface area (Å²) in [5.41, 5.74) is 4.90. The molecule has 1 saturated carbocycles. The van der Waals surface area contributed by atoms with Gasteiger partial charge in [0.15, 0.2) is 0 Å². The van der Waals surface area contributed by atoms with Crippen LogP contribution >= 0.6 is 11.3 Å². The summed E-state index contributed by atoms with van der Waals surface area (Å²) < 4.78 is 12.7. The first-order valence-electron chi connectivity index (χ1n) is 14.6. The normalized spacial score (nSPS) is 19.4. The number of thiophene rings is 1. The third kappa shape index (κ3) is 5.04. The molecule has 9 nitrogen and oxygen atoms in total. The maximum Gasteiger partial charge on any atom is 0.265 e. The number of anilines is 2. The maximum atomic E-state index is 14.5. The van der Waals surface area contributed by atoms with Crippen LogP contribution in [-0.4, -0.2) is 65.2 Å². The summed E-state index contributed by atoms with van der Waals surface area (Å²) in [4.78, 5) is 26.1. The number of aromatic nitrogens is 3. The van der Waals surface area contributed by atoms with Gasteiger partial charge in [0.05, 0.1) is 55.7 Å². The molecule has 0 bridgehead atoms. The highest BCUT2D eigenvalue weighted by molar-refractivity contribution is 7.16. The van der Waals surface area contributed by atoms with Crippen molar-refractivity contribution in [1.82, 2.24) is 14.5 Å². The van der Waals surface area contributed by atoms with E-state index < -0.39 is 6.10 Å². The largest absolute Gasteiger partial charge is 0.497 e. The van der Waals surface area contributed by atoms with Gasteiger partial charge in [-0.15, -0.1) is 11.3 Å². The molecule has 2 aromatic carbocycles. The molecule has 5 aromatic rings. The molecule has 3 N–H and O–H groups in total. The number of nitrogens with zero attached hydrogens (tertiary/aromatic N) is 3. The molecule has 2 aliphatic rings. The molecule has 2 atom stereocenters. The minimum Gasteiger partial charge on any atom is -0.497 e. The molecule has 0 unspecified atom stereocenters. The Morgan fingerprint density at radius 3 is 2.71 bits per heavy atom. The molecular weight excluding hydrogens is 550 g/mol. The van der Waals surface area contributed by atoms with Crippen LogP contribution in [0.3, 0.4) is 0 Å². The summed E-state index contributed by atoms with van der Waals surface area (Å²) in [5, 5.41) is 17.5. The summed E-state index contributed by atoms with van der Waals surface area (Å²) in [6.07, 6.45) is 3.20. The number of morpholine rings is 1. The van der Waals surface area contributed by atoms with Crippen LogP contribution < -0.4 is 20.5 Å². The quantitative estimate of drug-likeness (QED) is 0.241. The van der Waals surface area contributed by atoms with E-state index in [1.165, 1.54) is 0 Å². The molecule has 0 amide bonds. The average Bonchev–Trinajstić information content (AvgIpc) is 3.68. The van der Waals surface area contributed by atoms with E-state index in [4.69, 9.17) is 14.5 Å². The molecule has 4 heterocycles. The van der Waals surface area contributed by atoms with E-state index in [-0.39, 0.29) is 11.6 Å². The Kier molecular flexibility index (Phi) is 7.35. The molecule has 3 aromatic heterocycles. The Morgan fingerprint density at radius 2 is 1.93 bits per heavy atom. The first-order valence-corrected chi connectivity index (χ1v) is 15.5. The van der Waals surface area contributed by atoms with Gasteiger partial charge in [-0.25, -0.2) is 4.98 Å². The highest BCUT2D eigenvalue weighted by Crippen LogP contribution is 2.37. The van der Waals surface area contributed by atoms with Crippen LogP contribution in [0, 0.1) is 0 Å². The number of imidazole rings is 1. The zero-order chi connectivity index (χ0) is 28.6. The number of aliphatic hydroxyl groups excluding tert-OH is 1. The van der Waals surface area contributed by atoms with Crippen LogP contribution in [0.2, 0.25) is 0 Å². The molecule has 1 aliphatic carbocycles. The highest BCUT2D eigenvalue weighted by Gasteiger charge is 2.28. The second-order valence-corrected chi connectivity index (χ2v) is 12.0. The summed E-state index contributed by atoms with van der Waals surface area (Å²) >= 11 is 1.55. The van der Waals surface area contributed by atoms with Crippen LogP contribution in [0.1, 0.15) is 31.2 Å². The summed E-state index contributed by atoms with van der Waals surface area (Å²) in [5.74, 6) is 1.30. The number of aromatic amines is 1. The van der Waals surface area contributed by atoms with Crippen molar-refractivity contribution in [2.75, 3.05) is 43.6 Å². The molecule has 1 aliphatic heterocycles. The highest BCUT2D eigenvalue weighted by atomic mass is 32.1. The zero-order valence-corrected chi connectivity index (χ0v) is 24.5. The molecule has 2 fully saturated rings. The van der Waals surface area contributed by atoms with E-state index in [2.05, 4.69) is 33.4 Å². The van der Waals surface area contributed by atoms with Gasteiger partial charge in [-0.3, -0.25) is 9.36 Å². The number of pyridine rings is 1. The second kappa shape index (κ2) is 11.4. The van der Waals surface area contributed by atoms with Crippen LogP contribution in [0.5, 0.6) is 5.75 Å². The molecule has 42 heavy (non-hydrogen) atoms. The lowest BCUT2D eigenvalue weighted by Crippen LogP contribution is -2.37. The molecule has 218 valence electrons. The van der Waals surface area contributed by atoms with Crippen LogP contribution in [0.4, 0.5) is 11.4 Å². The third-order valence-corrected chi connectivity index (χ3v) is 9.44. The van der Waals surface area contributed by atoms with Crippen molar-refractivity contribution in [2.24, 2.45) is 0 Å². The van der Waals surface area contributed by atoms with Gasteiger partial charge < -0.3 is 29.8 Å². The number of hydrogen-bond acceptors (Lipinski definition) is 8. The maximum absolute atomic E-state index is 14.5. The van der Waals surface area contributed by atoms with Gasteiger partial charge in [0.25, 0.3) is 5.56 Å². The van der Waals surface area contributed by atoms with Crippen LogP contribution in [-0.2, 0) is 11.3 Å². The molecule has 1 saturated heterocycles. The van der Waals surface area contributed by atoms with E-state index >= 15 is 0 Å². The number of rotatable bonds is 7. The zero-order valence-electron chi connectivity index (χ0n) is 23.6. The van der Waals surface area contributed by atoms with E-state index in [0.29, 0.717) is 31.1 Å². The molecule has 0 radical (unpaired) electrons. The van der Waals surface area contributed by atoms with Gasteiger partial charge in [-0.1, -0.05) is 25.0 Å². The Bertz CT molecular complexity index is 1770. The van der Waals surface area contributed by atoms with Gasteiger partial charge in [-0.05, 0) is 60.2 Å². The number of methoxy groups -OCH3 is 1. The van der Waals surface area contributed by atoms with Crippen molar-refractivity contribution in [3.8, 4) is 17.1 Å². The van der Waals surface area contributed by atoms with Crippen molar-refractivity contribution in [3.63, 3.8) is 0 Å². The van der Waals surface area contributed by atoms with Crippen molar-refractivity contribution in [2.45, 2.75) is 44.4 Å². The van der Waals surface area contributed by atoms with Gasteiger partial charge in [0, 0.05) is 24.2 Å². The number of fused-ring (bicyclic) bond motifs is 2. The predicted molar refractivity (Wildman–Crippen MR) is 168 cm³/mol. The average molecular weight is 586 g/mol. The van der Waals surface area contributed by atoms with Crippen LogP contribution in [0.25, 0.3) is 32.6 Å². The third-order valence-electron chi connectivity index (χ3n) is 8.51. The van der Waals surface area contributed by atoms with Crippen molar-refractivity contribution >= 4 is 44.0 Å². The van der Waals surface area contributed by atoms with Gasteiger partial charge in [0.1, 0.15) is 22.0 Å². The van der Waals surface area contributed by atoms with E-state index in [1.807, 2.05) is 40.3 Å². The number of hydrogen-bond donors (Lipinski definition) is 3. The number of H-pyrrole nitrogens is 1. The fourth-order valence-electron chi connectivity index (χ4n) is 6.20. The first kappa shape index (κ1) is 27.0. The molecular formula is C32H35N5O4S. The van der Waals surface area contributed by atoms with Gasteiger partial charge >= 0.3 is 0 Å². The topological polar surface area (TPSA) is 105 Å². The van der Waals surface area contributed by atoms with Gasteiger partial charge in [-0.2, -0.15) is 0 Å². The number of aliphatic hydroxyl groups is 1. The summed E-state index contributed by atoms with van der Waals surface area (Å²) in [6, 6.07) is 15.9. The fourth-order valence-corrected chi connectivity index (χ4v) is 7.10. The van der Waals surface area contributed by atoms with Crippen molar-refractivity contribution in [3.05, 3.63) is 69.8 Å². The number of ether oxygens (including phenoxy) is 2. The number of benzene rings is 2. The van der Waals surface area contributed by atoms with Crippen LogP contribution in [0.15, 0.2) is 58.7 Å². The fraction of sp³-hybridized carbons (Fsp3) is 0.375. The van der Waals surface area contributed by atoms with Crippen molar-refractivity contribution < 1.29 is 14.6 Å². The lowest BCUT2D eigenvalue weighted by molar-refractivity contribution is 0.116. The Morgan fingerprint density at radius 1 is 1.12 bits per heavy atom. The smallest absolute Gasteiger partial charge is 0.265 e. The molecule has 7 rings (SSSR count). The standard InChI is InChI=1S/C32H35N5O4S/c1-40-22-9-6-20(7-10-22)19-37-31(39)28(29(23-12-17-42-32(23)37)33-25-4-2-3-5-27(25)38)30-34-24-11-8-21(18-26(24)35-30)36-13-15-41-16-14-36/h6-12,17-18,25,27,33,38H,2-5,13-16,19H2,1H3,(H,34,35)/t25-,27+/m0/s1. The monoisotopic (exact) mass is 585 g/mol. The van der Waals surface area contributed by atoms with Gasteiger partial charge in [0.2, 0.25) is 0 Å². The Balaban J connectivity index is 1.37. The molecule has 0 spiro atoms. The minimum atomic E-state index is -0.464. The summed E-state index contributed by atoms with van der Waals surface area (Å²) in [6.45, 7) is 3.52. The predicted octanol–water partition coefficient (Wildman–Crippen LogP) is 5.22. The van der Waals surface area contributed by atoms with E-state index in [9.17, 15) is 9.90 Å². The van der Waals surface area contributed by atoms with Crippen molar-refractivity contribution in [1.29, 1.82) is 0 Å². The lowest BCUT2D eigenvalue weighted by atomic mass is 9.92. The first-order chi connectivity index (χ1) is 20.6. The molecule has 10 heteroatoms. The van der Waals surface area contributed by atoms with E-state index in [1.54, 1.807) is 18.4 Å². The van der Waals surface area contributed by atoms with E-state index in [0.717, 1.165) is 82.7 Å². The Hall–Kier alpha value is -3.86.